The molecule has 2 atom stereocenters. The van der Waals surface area contributed by atoms with Crippen LogP contribution < -0.4 is 10.6 Å². The van der Waals surface area contributed by atoms with E-state index in [1.165, 1.54) is 0 Å². The van der Waals surface area contributed by atoms with Crippen LogP contribution in [0.2, 0.25) is 0 Å². The Labute approximate surface area is 148 Å². The summed E-state index contributed by atoms with van der Waals surface area (Å²) in [6.45, 7) is 13.3. The maximum atomic E-state index is 9.75. The molecule has 0 aromatic heterocycles. The Morgan fingerprint density at radius 3 is 1.42 bits per heavy atom. The third-order valence-electron chi connectivity index (χ3n) is 3.54. The van der Waals surface area contributed by atoms with Gasteiger partial charge in [0, 0.05) is 39.4 Å². The zero-order valence-electron chi connectivity index (χ0n) is 16.1. The average molecular weight is 349 g/mol. The summed E-state index contributed by atoms with van der Waals surface area (Å²) in [5.74, 6) is 1.25. The second-order valence-corrected chi connectivity index (χ2v) is 7.23. The molecule has 0 saturated heterocycles. The van der Waals surface area contributed by atoms with Gasteiger partial charge in [0.2, 0.25) is 0 Å². The first-order valence-electron chi connectivity index (χ1n) is 9.34. The zero-order chi connectivity index (χ0) is 18.2. The summed E-state index contributed by atoms with van der Waals surface area (Å²) in [7, 11) is 0. The van der Waals surface area contributed by atoms with Gasteiger partial charge in [-0.15, -0.1) is 0 Å². The number of hydrogen-bond donors (Lipinski definition) is 4. The predicted molar refractivity (Wildman–Crippen MR) is 98.3 cm³/mol. The Balaban J connectivity index is 3.31. The summed E-state index contributed by atoms with van der Waals surface area (Å²) in [6.07, 6.45) is 1.09. The highest BCUT2D eigenvalue weighted by molar-refractivity contribution is 4.62. The van der Waals surface area contributed by atoms with E-state index in [0.717, 1.165) is 25.9 Å². The molecule has 0 radical (unpaired) electrons. The van der Waals surface area contributed by atoms with Crippen LogP contribution in [0.25, 0.3) is 0 Å². The van der Waals surface area contributed by atoms with Gasteiger partial charge < -0.3 is 30.3 Å². The lowest BCUT2D eigenvalue weighted by Crippen LogP contribution is -2.37. The van der Waals surface area contributed by atoms with Gasteiger partial charge in [0.1, 0.15) is 0 Å². The first-order valence-corrected chi connectivity index (χ1v) is 9.34. The van der Waals surface area contributed by atoms with Crippen LogP contribution in [0, 0.1) is 11.8 Å². The van der Waals surface area contributed by atoms with Gasteiger partial charge in [-0.3, -0.25) is 0 Å². The lowest BCUT2D eigenvalue weighted by atomic mass is 10.1. The van der Waals surface area contributed by atoms with E-state index in [4.69, 9.17) is 9.47 Å². The van der Waals surface area contributed by atoms with Crippen molar-refractivity contribution in [2.45, 2.75) is 52.7 Å². The Hall–Kier alpha value is -0.240. The van der Waals surface area contributed by atoms with Crippen molar-refractivity contribution in [3.8, 4) is 0 Å². The van der Waals surface area contributed by atoms with Crippen LogP contribution in [0.3, 0.4) is 0 Å². The second kappa shape index (κ2) is 16.2. The predicted octanol–water partition coefficient (Wildman–Crippen LogP) is 1.01. The van der Waals surface area contributed by atoms with E-state index >= 15 is 0 Å². The van der Waals surface area contributed by atoms with Gasteiger partial charge in [0.05, 0.1) is 25.4 Å². The number of aliphatic hydroxyl groups is 2. The minimum Gasteiger partial charge on any atom is -0.389 e. The Morgan fingerprint density at radius 2 is 1.08 bits per heavy atom. The number of aliphatic hydroxyl groups excluding tert-OH is 2. The third-order valence-corrected chi connectivity index (χ3v) is 3.54. The molecular formula is C18H40N2O4. The minimum absolute atomic E-state index is 0.375. The molecule has 0 aliphatic carbocycles. The van der Waals surface area contributed by atoms with E-state index in [2.05, 4.69) is 38.3 Å². The van der Waals surface area contributed by atoms with E-state index < -0.39 is 12.2 Å². The Kier molecular flexibility index (Phi) is 16.1. The summed E-state index contributed by atoms with van der Waals surface area (Å²) in [4.78, 5) is 0. The molecule has 0 aliphatic rings. The highest BCUT2D eigenvalue weighted by atomic mass is 16.5. The molecule has 0 spiro atoms. The highest BCUT2D eigenvalue weighted by Gasteiger charge is 2.05. The van der Waals surface area contributed by atoms with Crippen LogP contribution in [0.5, 0.6) is 0 Å². The lowest BCUT2D eigenvalue weighted by molar-refractivity contribution is 0.0315. The molecule has 4 N–H and O–H groups in total. The maximum absolute atomic E-state index is 9.75. The molecule has 0 heterocycles. The summed E-state index contributed by atoms with van der Waals surface area (Å²) in [5.41, 5.74) is 0. The van der Waals surface area contributed by atoms with Crippen LogP contribution in [-0.2, 0) is 9.47 Å². The van der Waals surface area contributed by atoms with Gasteiger partial charge in [0.25, 0.3) is 0 Å². The van der Waals surface area contributed by atoms with Gasteiger partial charge in [-0.05, 0) is 24.7 Å². The second-order valence-electron chi connectivity index (χ2n) is 7.23. The smallest absolute Gasteiger partial charge is 0.0897 e. The maximum Gasteiger partial charge on any atom is 0.0897 e. The van der Waals surface area contributed by atoms with Gasteiger partial charge in [0.15, 0.2) is 0 Å². The molecule has 6 heteroatoms. The number of nitrogens with one attached hydrogen (secondary N) is 2. The normalized spacial score (nSPS) is 14.5. The van der Waals surface area contributed by atoms with E-state index in [1.54, 1.807) is 0 Å². The first kappa shape index (κ1) is 23.8. The summed E-state index contributed by atoms with van der Waals surface area (Å²) in [6, 6.07) is 0. The first-order chi connectivity index (χ1) is 11.4. The fourth-order valence-electron chi connectivity index (χ4n) is 1.91. The van der Waals surface area contributed by atoms with Gasteiger partial charge in [-0.2, -0.15) is 0 Å². The van der Waals surface area contributed by atoms with Crippen LogP contribution in [0.4, 0.5) is 0 Å². The van der Waals surface area contributed by atoms with E-state index in [1.807, 2.05) is 0 Å². The topological polar surface area (TPSA) is 83.0 Å². The van der Waals surface area contributed by atoms with Crippen molar-refractivity contribution in [2.75, 3.05) is 52.6 Å². The van der Waals surface area contributed by atoms with Crippen molar-refractivity contribution in [2.24, 2.45) is 11.8 Å². The monoisotopic (exact) mass is 348 g/mol. The third kappa shape index (κ3) is 18.1. The molecule has 0 saturated carbocycles. The van der Waals surface area contributed by atoms with E-state index in [-0.39, 0.29) is 0 Å². The number of hydrogen-bond acceptors (Lipinski definition) is 6. The van der Waals surface area contributed by atoms with Crippen LogP contribution in [0.1, 0.15) is 40.5 Å². The molecule has 0 aliphatic heterocycles. The molecule has 0 amide bonds. The molecule has 0 bridgehead atoms. The van der Waals surface area contributed by atoms with Crippen molar-refractivity contribution in [3.63, 3.8) is 0 Å². The zero-order valence-corrected chi connectivity index (χ0v) is 16.1. The molecule has 0 fully saturated rings. The molecule has 146 valence electrons. The molecular weight excluding hydrogens is 308 g/mol. The highest BCUT2D eigenvalue weighted by Crippen LogP contribution is 1.99. The van der Waals surface area contributed by atoms with Crippen LogP contribution in [-0.4, -0.2) is 75.0 Å². The fraction of sp³-hybridized carbons (Fsp3) is 1.00. The molecule has 0 rings (SSSR count). The summed E-state index contributed by atoms with van der Waals surface area (Å²) >= 11 is 0. The number of ether oxygens (including phenoxy) is 2. The Bertz CT molecular complexity index is 239. The average Bonchev–Trinajstić information content (AvgIpc) is 2.51. The molecule has 6 nitrogen and oxygen atoms in total. The van der Waals surface area contributed by atoms with Crippen molar-refractivity contribution in [3.05, 3.63) is 0 Å². The molecule has 2 unspecified atom stereocenters. The van der Waals surface area contributed by atoms with Gasteiger partial charge >= 0.3 is 0 Å². The van der Waals surface area contributed by atoms with Crippen molar-refractivity contribution < 1.29 is 19.7 Å². The molecule has 0 aromatic rings. The fourth-order valence-corrected chi connectivity index (χ4v) is 1.91. The van der Waals surface area contributed by atoms with Crippen molar-refractivity contribution >= 4 is 0 Å². The quantitative estimate of drug-likeness (QED) is 0.294. The van der Waals surface area contributed by atoms with Crippen LogP contribution >= 0.6 is 0 Å². The van der Waals surface area contributed by atoms with E-state index in [0.29, 0.717) is 51.4 Å². The van der Waals surface area contributed by atoms with Gasteiger partial charge in [-0.1, -0.05) is 27.7 Å². The van der Waals surface area contributed by atoms with Crippen molar-refractivity contribution in [1.82, 2.24) is 10.6 Å². The standard InChI is InChI=1S/C18H40N2O4/c1-15(2)5-9-23-13-17(21)11-19-7-8-20-12-18(22)14-24-10-6-16(3)4/h15-22H,5-14H2,1-4H3. The summed E-state index contributed by atoms with van der Waals surface area (Å²) < 4.78 is 10.8. The van der Waals surface area contributed by atoms with Crippen LogP contribution in [0.15, 0.2) is 0 Å². The SMILES string of the molecule is CC(C)CCOCC(O)CNCCNCC(O)COCCC(C)C. The molecule has 0 aromatic carbocycles. The number of rotatable bonds is 17. The summed E-state index contributed by atoms with van der Waals surface area (Å²) in [5, 5.41) is 25.8. The minimum atomic E-state index is -0.475. The lowest BCUT2D eigenvalue weighted by Gasteiger charge is -2.15. The molecule has 24 heavy (non-hydrogen) atoms. The largest absolute Gasteiger partial charge is 0.389 e. The Morgan fingerprint density at radius 1 is 0.708 bits per heavy atom. The van der Waals surface area contributed by atoms with Crippen molar-refractivity contribution in [1.29, 1.82) is 0 Å². The van der Waals surface area contributed by atoms with Gasteiger partial charge in [-0.25, -0.2) is 0 Å². The van der Waals surface area contributed by atoms with E-state index in [9.17, 15) is 10.2 Å².